The first-order valence-corrected chi connectivity index (χ1v) is 6.14. The highest BCUT2D eigenvalue weighted by Gasteiger charge is 2.05. The van der Waals surface area contributed by atoms with Gasteiger partial charge in [0.05, 0.1) is 18.5 Å². The van der Waals surface area contributed by atoms with Crippen molar-refractivity contribution in [2.75, 3.05) is 12.8 Å². The van der Waals surface area contributed by atoms with E-state index in [1.165, 1.54) is 0 Å². The van der Waals surface area contributed by atoms with Crippen LogP contribution in [0.2, 0.25) is 0 Å². The molecule has 1 aromatic heterocycles. The Labute approximate surface area is 114 Å². The van der Waals surface area contributed by atoms with E-state index in [-0.39, 0.29) is 0 Å². The largest absolute Gasteiger partial charge is 0.495 e. The Balaban J connectivity index is 2.23. The summed E-state index contributed by atoms with van der Waals surface area (Å²) in [5, 5.41) is 0. The van der Waals surface area contributed by atoms with Crippen LogP contribution in [-0.4, -0.2) is 12.1 Å². The van der Waals surface area contributed by atoms with Crippen LogP contribution in [0.4, 0.5) is 5.69 Å². The summed E-state index contributed by atoms with van der Waals surface area (Å²) in [7, 11) is 1.58. The van der Waals surface area contributed by atoms with E-state index in [1.54, 1.807) is 31.4 Å². The van der Waals surface area contributed by atoms with Crippen molar-refractivity contribution in [3.63, 3.8) is 0 Å². The molecule has 2 rings (SSSR count). The smallest absolute Gasteiger partial charge is 0.219 e. The van der Waals surface area contributed by atoms with Crippen LogP contribution in [0, 0.1) is 6.92 Å². The average molecular weight is 309 g/mol. The minimum absolute atomic E-state index is 0.528. The Morgan fingerprint density at radius 2 is 2.00 bits per heavy atom. The van der Waals surface area contributed by atoms with Crippen LogP contribution in [0.15, 0.2) is 34.8 Å². The lowest BCUT2D eigenvalue weighted by atomic mass is 10.3. The highest BCUT2D eigenvalue weighted by Crippen LogP contribution is 2.29. The Morgan fingerprint density at radius 1 is 1.22 bits per heavy atom. The molecule has 0 amide bonds. The third-order valence-corrected chi connectivity index (χ3v) is 3.26. The summed E-state index contributed by atoms with van der Waals surface area (Å²) in [4.78, 5) is 4.30. The summed E-state index contributed by atoms with van der Waals surface area (Å²) in [6, 6.07) is 8.94. The molecular weight excluding hydrogens is 296 g/mol. The molecule has 0 atom stereocenters. The molecule has 0 aliphatic rings. The van der Waals surface area contributed by atoms with E-state index in [4.69, 9.17) is 15.2 Å². The molecule has 2 N–H and O–H groups in total. The molecule has 0 spiro atoms. The van der Waals surface area contributed by atoms with E-state index in [0.717, 1.165) is 10.2 Å². The van der Waals surface area contributed by atoms with Gasteiger partial charge >= 0.3 is 0 Å². The predicted octanol–water partition coefficient (Wildman–Crippen LogP) is 3.54. The minimum Gasteiger partial charge on any atom is -0.495 e. The highest BCUT2D eigenvalue weighted by atomic mass is 79.9. The summed E-state index contributed by atoms with van der Waals surface area (Å²) in [5.41, 5.74) is 7.21. The molecule has 5 heteroatoms. The van der Waals surface area contributed by atoms with Crippen molar-refractivity contribution in [2.45, 2.75) is 6.92 Å². The number of rotatable bonds is 3. The number of aromatic nitrogens is 1. The Kier molecular flexibility index (Phi) is 3.72. The molecule has 2 aromatic rings. The van der Waals surface area contributed by atoms with Crippen LogP contribution in [0.1, 0.15) is 5.69 Å². The van der Waals surface area contributed by atoms with E-state index < -0.39 is 0 Å². The SMILES string of the molecule is COc1ccc(Oc2ccc(Br)c(C)n2)cc1N. The van der Waals surface area contributed by atoms with Crippen molar-refractivity contribution in [2.24, 2.45) is 0 Å². The number of ether oxygens (including phenoxy) is 2. The van der Waals surface area contributed by atoms with Gasteiger partial charge in [0.25, 0.3) is 0 Å². The molecule has 0 saturated carbocycles. The van der Waals surface area contributed by atoms with Gasteiger partial charge in [0.1, 0.15) is 11.5 Å². The number of aryl methyl sites for hydroxylation is 1. The van der Waals surface area contributed by atoms with Gasteiger partial charge in [-0.25, -0.2) is 4.98 Å². The van der Waals surface area contributed by atoms with Crippen LogP contribution in [0.3, 0.4) is 0 Å². The van der Waals surface area contributed by atoms with Crippen LogP contribution in [0.5, 0.6) is 17.4 Å². The van der Waals surface area contributed by atoms with E-state index in [9.17, 15) is 0 Å². The molecule has 1 heterocycles. The fourth-order valence-electron chi connectivity index (χ4n) is 1.47. The van der Waals surface area contributed by atoms with E-state index in [0.29, 0.717) is 23.1 Å². The zero-order chi connectivity index (χ0) is 13.1. The summed E-state index contributed by atoms with van der Waals surface area (Å²) >= 11 is 3.39. The molecule has 0 fully saturated rings. The zero-order valence-corrected chi connectivity index (χ0v) is 11.7. The minimum atomic E-state index is 0.528. The van der Waals surface area contributed by atoms with Gasteiger partial charge in [-0.3, -0.25) is 0 Å². The zero-order valence-electron chi connectivity index (χ0n) is 10.1. The first kappa shape index (κ1) is 12.7. The van der Waals surface area contributed by atoms with Crippen molar-refractivity contribution in [1.29, 1.82) is 0 Å². The maximum absolute atomic E-state index is 5.81. The number of anilines is 1. The molecule has 0 saturated heterocycles. The fraction of sp³-hybridized carbons (Fsp3) is 0.154. The van der Waals surface area contributed by atoms with Crippen LogP contribution in [-0.2, 0) is 0 Å². The first-order chi connectivity index (χ1) is 8.60. The fourth-order valence-corrected chi connectivity index (χ4v) is 1.70. The Morgan fingerprint density at radius 3 is 2.61 bits per heavy atom. The molecule has 18 heavy (non-hydrogen) atoms. The van der Waals surface area contributed by atoms with Crippen molar-refractivity contribution < 1.29 is 9.47 Å². The van der Waals surface area contributed by atoms with Gasteiger partial charge in [-0.15, -0.1) is 0 Å². The standard InChI is InChI=1S/C13H13BrN2O2/c1-8-10(14)4-6-13(16-8)18-9-3-5-12(17-2)11(15)7-9/h3-7H,15H2,1-2H3. The molecule has 94 valence electrons. The summed E-state index contributed by atoms with van der Waals surface area (Å²) in [6.45, 7) is 1.90. The van der Waals surface area contributed by atoms with E-state index in [1.807, 2.05) is 13.0 Å². The number of nitrogens with zero attached hydrogens (tertiary/aromatic N) is 1. The molecule has 1 aromatic carbocycles. The third-order valence-electron chi connectivity index (χ3n) is 2.42. The number of nitrogens with two attached hydrogens (primary N) is 1. The van der Waals surface area contributed by atoms with Gasteiger partial charge < -0.3 is 15.2 Å². The van der Waals surface area contributed by atoms with Gasteiger partial charge in [-0.05, 0) is 41.1 Å². The van der Waals surface area contributed by atoms with Crippen molar-refractivity contribution in [3.05, 3.63) is 40.5 Å². The monoisotopic (exact) mass is 308 g/mol. The van der Waals surface area contributed by atoms with Gasteiger partial charge in [0, 0.05) is 16.6 Å². The topological polar surface area (TPSA) is 57.4 Å². The number of hydrogen-bond acceptors (Lipinski definition) is 4. The quantitative estimate of drug-likeness (QED) is 0.881. The Hall–Kier alpha value is -1.75. The third kappa shape index (κ3) is 2.73. The second-order valence-corrected chi connectivity index (χ2v) is 4.58. The second kappa shape index (κ2) is 5.27. The Bertz CT molecular complexity index is 573. The summed E-state index contributed by atoms with van der Waals surface area (Å²) < 4.78 is 11.7. The number of pyridine rings is 1. The maximum Gasteiger partial charge on any atom is 0.219 e. The lowest BCUT2D eigenvalue weighted by molar-refractivity contribution is 0.414. The van der Waals surface area contributed by atoms with Gasteiger partial charge in [0.15, 0.2) is 0 Å². The van der Waals surface area contributed by atoms with Gasteiger partial charge in [0.2, 0.25) is 5.88 Å². The normalized spacial score (nSPS) is 10.2. The maximum atomic E-state index is 5.81. The van der Waals surface area contributed by atoms with Crippen LogP contribution in [0.25, 0.3) is 0 Å². The number of methoxy groups -OCH3 is 1. The molecule has 0 unspecified atom stereocenters. The van der Waals surface area contributed by atoms with Crippen LogP contribution < -0.4 is 15.2 Å². The second-order valence-electron chi connectivity index (χ2n) is 3.72. The van der Waals surface area contributed by atoms with Crippen molar-refractivity contribution >= 4 is 21.6 Å². The molecule has 0 bridgehead atoms. The number of hydrogen-bond donors (Lipinski definition) is 1. The summed E-state index contributed by atoms with van der Waals surface area (Å²) in [5.74, 6) is 1.78. The molecular formula is C13H13BrN2O2. The first-order valence-electron chi connectivity index (χ1n) is 5.34. The van der Waals surface area contributed by atoms with E-state index in [2.05, 4.69) is 20.9 Å². The van der Waals surface area contributed by atoms with Crippen LogP contribution >= 0.6 is 15.9 Å². The van der Waals surface area contributed by atoms with E-state index >= 15 is 0 Å². The number of halogens is 1. The highest BCUT2D eigenvalue weighted by molar-refractivity contribution is 9.10. The lowest BCUT2D eigenvalue weighted by Gasteiger charge is -2.09. The van der Waals surface area contributed by atoms with Crippen molar-refractivity contribution in [1.82, 2.24) is 4.98 Å². The van der Waals surface area contributed by atoms with Gasteiger partial charge in [-0.2, -0.15) is 0 Å². The van der Waals surface area contributed by atoms with Crippen molar-refractivity contribution in [3.8, 4) is 17.4 Å². The van der Waals surface area contributed by atoms with Gasteiger partial charge in [-0.1, -0.05) is 0 Å². The predicted molar refractivity (Wildman–Crippen MR) is 74.2 cm³/mol. The number of nitrogen functional groups attached to an aromatic ring is 1. The molecule has 0 aliphatic carbocycles. The molecule has 4 nitrogen and oxygen atoms in total. The molecule has 0 radical (unpaired) electrons. The lowest BCUT2D eigenvalue weighted by Crippen LogP contribution is -1.94. The summed E-state index contributed by atoms with van der Waals surface area (Å²) in [6.07, 6.45) is 0. The number of benzene rings is 1. The average Bonchev–Trinajstić information content (AvgIpc) is 2.34. The molecule has 0 aliphatic heterocycles.